The highest BCUT2D eigenvalue weighted by molar-refractivity contribution is 5.77. The number of aryl methyl sites for hydroxylation is 1. The Labute approximate surface area is 171 Å². The zero-order valence-corrected chi connectivity index (χ0v) is 17.2. The van der Waals surface area contributed by atoms with Crippen LogP contribution in [0.3, 0.4) is 0 Å². The highest BCUT2D eigenvalue weighted by Gasteiger charge is 2.45. The van der Waals surface area contributed by atoms with E-state index in [0.29, 0.717) is 6.54 Å². The number of amides is 2. The third-order valence-corrected chi connectivity index (χ3v) is 6.30. The SMILES string of the molecule is CC(=O)N1CCCC[C@@H]2[C@H]1[C@@H](c1ccccc1)CCN2C(=O)Cn1cc(C)nn1. The second-order valence-electron chi connectivity index (χ2n) is 8.22. The van der Waals surface area contributed by atoms with Crippen molar-refractivity contribution in [1.82, 2.24) is 24.8 Å². The van der Waals surface area contributed by atoms with Gasteiger partial charge >= 0.3 is 0 Å². The maximum absolute atomic E-state index is 13.2. The van der Waals surface area contributed by atoms with Crippen molar-refractivity contribution >= 4 is 11.8 Å². The predicted molar refractivity (Wildman–Crippen MR) is 109 cm³/mol. The van der Waals surface area contributed by atoms with Crippen LogP contribution < -0.4 is 0 Å². The third kappa shape index (κ3) is 4.04. The van der Waals surface area contributed by atoms with E-state index in [4.69, 9.17) is 0 Å². The molecule has 3 atom stereocenters. The van der Waals surface area contributed by atoms with Gasteiger partial charge in [0, 0.05) is 32.1 Å². The van der Waals surface area contributed by atoms with Crippen molar-refractivity contribution in [2.24, 2.45) is 0 Å². The van der Waals surface area contributed by atoms with Gasteiger partial charge in [-0.1, -0.05) is 35.5 Å². The summed E-state index contributed by atoms with van der Waals surface area (Å²) in [4.78, 5) is 29.8. The standard InChI is InChI=1S/C22H29N5O2/c1-16-14-25(24-23-16)15-21(29)27-13-11-19(18-8-4-3-5-9-18)22-20(27)10-6-7-12-26(22)17(2)28/h3-5,8-9,14,19-20,22H,6-7,10-13,15H2,1-2H3/t19-,20-,22-/m1/s1. The summed E-state index contributed by atoms with van der Waals surface area (Å²) < 4.78 is 1.61. The number of carbonyl (C=O) groups excluding carboxylic acids is 2. The van der Waals surface area contributed by atoms with Crippen molar-refractivity contribution in [1.29, 1.82) is 0 Å². The fourth-order valence-corrected chi connectivity index (χ4v) is 5.05. The van der Waals surface area contributed by atoms with Crippen molar-refractivity contribution in [3.05, 3.63) is 47.8 Å². The van der Waals surface area contributed by atoms with E-state index >= 15 is 0 Å². The van der Waals surface area contributed by atoms with Gasteiger partial charge in [0.1, 0.15) is 6.54 Å². The maximum atomic E-state index is 13.2. The van der Waals surface area contributed by atoms with Crippen LogP contribution >= 0.6 is 0 Å². The summed E-state index contributed by atoms with van der Waals surface area (Å²) in [6.45, 7) is 5.19. The van der Waals surface area contributed by atoms with Crippen LogP contribution in [-0.4, -0.2) is 61.8 Å². The molecule has 2 amide bonds. The van der Waals surface area contributed by atoms with E-state index < -0.39 is 0 Å². The topological polar surface area (TPSA) is 71.3 Å². The molecule has 29 heavy (non-hydrogen) atoms. The van der Waals surface area contributed by atoms with Gasteiger partial charge < -0.3 is 9.80 Å². The summed E-state index contributed by atoms with van der Waals surface area (Å²) in [5.74, 6) is 0.409. The first-order chi connectivity index (χ1) is 14.0. The van der Waals surface area contributed by atoms with Crippen LogP contribution in [0.2, 0.25) is 0 Å². The van der Waals surface area contributed by atoms with Gasteiger partial charge in [-0.2, -0.15) is 0 Å². The minimum atomic E-state index is 0.0209. The van der Waals surface area contributed by atoms with Gasteiger partial charge in [0.2, 0.25) is 11.8 Å². The van der Waals surface area contributed by atoms with Crippen LogP contribution in [0, 0.1) is 6.92 Å². The van der Waals surface area contributed by atoms with Crippen LogP contribution in [0.1, 0.15) is 49.8 Å². The Morgan fingerprint density at radius 3 is 2.55 bits per heavy atom. The summed E-state index contributed by atoms with van der Waals surface area (Å²) in [7, 11) is 0. The minimum absolute atomic E-state index is 0.0209. The summed E-state index contributed by atoms with van der Waals surface area (Å²) in [6, 6.07) is 10.5. The summed E-state index contributed by atoms with van der Waals surface area (Å²) in [5, 5.41) is 8.02. The number of benzene rings is 1. The van der Waals surface area contributed by atoms with Crippen LogP contribution in [0.15, 0.2) is 36.5 Å². The van der Waals surface area contributed by atoms with E-state index in [1.165, 1.54) is 5.56 Å². The molecule has 2 saturated heterocycles. The zero-order chi connectivity index (χ0) is 20.4. The largest absolute Gasteiger partial charge is 0.337 e. The van der Waals surface area contributed by atoms with Crippen LogP contribution in [0.4, 0.5) is 0 Å². The molecular formula is C22H29N5O2. The average Bonchev–Trinajstić information content (AvgIpc) is 2.99. The molecule has 2 aliphatic rings. The first kappa shape index (κ1) is 19.6. The number of nitrogens with zero attached hydrogens (tertiary/aromatic N) is 5. The lowest BCUT2D eigenvalue weighted by molar-refractivity contribution is -0.143. The first-order valence-corrected chi connectivity index (χ1v) is 10.5. The Morgan fingerprint density at radius 1 is 1.07 bits per heavy atom. The quantitative estimate of drug-likeness (QED) is 0.800. The van der Waals surface area contributed by atoms with Crippen LogP contribution in [0.5, 0.6) is 0 Å². The van der Waals surface area contributed by atoms with Crippen LogP contribution in [-0.2, 0) is 16.1 Å². The van der Waals surface area contributed by atoms with Crippen molar-refractivity contribution in [2.75, 3.05) is 13.1 Å². The number of rotatable bonds is 3. The molecule has 2 aromatic rings. The lowest BCUT2D eigenvalue weighted by Crippen LogP contribution is -2.60. The molecule has 0 bridgehead atoms. The summed E-state index contributed by atoms with van der Waals surface area (Å²) >= 11 is 0. The Morgan fingerprint density at radius 2 is 1.86 bits per heavy atom. The fourth-order valence-electron chi connectivity index (χ4n) is 5.05. The van der Waals surface area contributed by atoms with Crippen LogP contribution in [0.25, 0.3) is 0 Å². The number of hydrogen-bond acceptors (Lipinski definition) is 4. The molecule has 0 unspecified atom stereocenters. The Balaban J connectivity index is 1.64. The van der Waals surface area contributed by atoms with Crippen molar-refractivity contribution in [3.63, 3.8) is 0 Å². The fraction of sp³-hybridized carbons (Fsp3) is 0.545. The highest BCUT2D eigenvalue weighted by Crippen LogP contribution is 2.39. The maximum Gasteiger partial charge on any atom is 0.244 e. The van der Waals surface area contributed by atoms with Gasteiger partial charge in [0.15, 0.2) is 0 Å². The normalized spacial score (nSPS) is 24.7. The van der Waals surface area contributed by atoms with E-state index in [1.807, 2.05) is 22.8 Å². The zero-order valence-electron chi connectivity index (χ0n) is 17.2. The molecule has 2 fully saturated rings. The molecule has 0 radical (unpaired) electrons. The van der Waals surface area contributed by atoms with Crippen molar-refractivity contribution in [2.45, 2.75) is 64.1 Å². The molecule has 0 spiro atoms. The van der Waals surface area contributed by atoms with E-state index in [0.717, 1.165) is 37.9 Å². The van der Waals surface area contributed by atoms with E-state index in [-0.39, 0.29) is 36.4 Å². The van der Waals surface area contributed by atoms with Gasteiger partial charge in [-0.05, 0) is 38.2 Å². The number of aromatic nitrogens is 3. The lowest BCUT2D eigenvalue weighted by atomic mass is 9.78. The second-order valence-corrected chi connectivity index (χ2v) is 8.22. The number of carbonyl (C=O) groups is 2. The lowest BCUT2D eigenvalue weighted by Gasteiger charge is -2.49. The Bertz CT molecular complexity index is 865. The van der Waals surface area contributed by atoms with Gasteiger partial charge in [-0.15, -0.1) is 5.10 Å². The predicted octanol–water partition coefficient (Wildman–Crippen LogP) is 2.37. The smallest absolute Gasteiger partial charge is 0.244 e. The number of fused-ring (bicyclic) bond motifs is 1. The molecule has 1 aromatic carbocycles. The second kappa shape index (κ2) is 8.35. The number of likely N-dealkylation sites (tertiary alicyclic amines) is 2. The van der Waals surface area contributed by atoms with Gasteiger partial charge in [-0.3, -0.25) is 9.59 Å². The van der Waals surface area contributed by atoms with Crippen molar-refractivity contribution < 1.29 is 9.59 Å². The molecule has 2 aliphatic heterocycles. The molecular weight excluding hydrogens is 366 g/mol. The Kier molecular flexibility index (Phi) is 5.65. The molecule has 0 N–H and O–H groups in total. The molecule has 3 heterocycles. The van der Waals surface area contributed by atoms with Gasteiger partial charge in [-0.25, -0.2) is 4.68 Å². The molecule has 0 saturated carbocycles. The average molecular weight is 396 g/mol. The number of piperidine rings is 1. The van der Waals surface area contributed by atoms with Crippen molar-refractivity contribution in [3.8, 4) is 0 Å². The van der Waals surface area contributed by atoms with Gasteiger partial charge in [0.25, 0.3) is 0 Å². The molecule has 1 aromatic heterocycles. The Hall–Kier alpha value is -2.70. The minimum Gasteiger partial charge on any atom is -0.337 e. The highest BCUT2D eigenvalue weighted by atomic mass is 16.2. The number of hydrogen-bond donors (Lipinski definition) is 0. The van der Waals surface area contributed by atoms with E-state index in [9.17, 15) is 9.59 Å². The first-order valence-electron chi connectivity index (χ1n) is 10.5. The van der Waals surface area contributed by atoms with E-state index in [1.54, 1.807) is 17.8 Å². The van der Waals surface area contributed by atoms with E-state index in [2.05, 4.69) is 34.6 Å². The molecule has 7 heteroatoms. The summed E-state index contributed by atoms with van der Waals surface area (Å²) in [6.07, 6.45) is 5.59. The summed E-state index contributed by atoms with van der Waals surface area (Å²) in [5.41, 5.74) is 2.06. The molecule has 154 valence electrons. The molecule has 0 aliphatic carbocycles. The molecule has 7 nitrogen and oxygen atoms in total. The third-order valence-electron chi connectivity index (χ3n) is 6.30. The monoisotopic (exact) mass is 395 g/mol. The van der Waals surface area contributed by atoms with Gasteiger partial charge in [0.05, 0.1) is 17.8 Å². The molecule has 4 rings (SSSR count).